The minimum Gasteiger partial charge on any atom is -0.393 e. The summed E-state index contributed by atoms with van der Waals surface area (Å²) < 4.78 is 0. The highest BCUT2D eigenvalue weighted by molar-refractivity contribution is 5.40. The molecule has 2 nitrogen and oxygen atoms in total. The van der Waals surface area contributed by atoms with E-state index in [1.54, 1.807) is 0 Å². The Bertz CT molecular complexity index is 1970. The van der Waals surface area contributed by atoms with Gasteiger partial charge in [0, 0.05) is 0 Å². The molecule has 0 saturated carbocycles. The fourth-order valence-electron chi connectivity index (χ4n) is 7.76. The zero-order valence-electron chi connectivity index (χ0n) is 40.9. The van der Waals surface area contributed by atoms with Crippen molar-refractivity contribution in [1.82, 2.24) is 0 Å². The van der Waals surface area contributed by atoms with Gasteiger partial charge in [-0.05, 0) is 117 Å². The third-order valence-corrected chi connectivity index (χ3v) is 11.1. The largest absolute Gasteiger partial charge is 0.393 e. The standard InChI is InChI=1S/C60H80O2/c1-45(25-17-27-47(3)29-19-31-49(5)33-21-35-51(7)37-39-57-53(9)41-55(61)43-59(57,11)12)23-15-16-24-46(2)26-18-28-48(4)30-20-32-50(6)34-22-36-52(8)38-40-58-54(10)42-56(62)44-60(58,13)14/h15-40,55-56,61-62H,41-44H2,1-14H3/b16-15+,25-17+,26-18+,29-19+,30-20+,33-21+,34-22+,39-37+,40-38+,45-23+,46-24+,47-27+,48-28+,49-31+,50-32+,51-35+,52-36+. The van der Waals surface area contributed by atoms with Gasteiger partial charge >= 0.3 is 0 Å². The number of hydrogen-bond donors (Lipinski definition) is 2. The molecule has 0 aromatic rings. The fourth-order valence-corrected chi connectivity index (χ4v) is 7.76. The van der Waals surface area contributed by atoms with Gasteiger partial charge in [0.05, 0.1) is 12.2 Å². The highest BCUT2D eigenvalue weighted by atomic mass is 16.3. The molecule has 0 aromatic carbocycles. The summed E-state index contributed by atoms with van der Waals surface area (Å²) in [5, 5.41) is 20.3. The molecule has 0 spiro atoms. The van der Waals surface area contributed by atoms with Crippen molar-refractivity contribution in [1.29, 1.82) is 0 Å². The Balaban J connectivity index is 1.82. The predicted octanol–water partition coefficient (Wildman–Crippen LogP) is 16.6. The quantitative estimate of drug-likeness (QED) is 0.135. The number of hydrogen-bond acceptors (Lipinski definition) is 2. The predicted molar refractivity (Wildman–Crippen MR) is 276 cm³/mol. The van der Waals surface area contributed by atoms with Gasteiger partial charge in [0.15, 0.2) is 0 Å². The lowest BCUT2D eigenvalue weighted by atomic mass is 9.71. The SMILES string of the molecule is CC1=C(/C=C/C(C)=C/C=C/C(C)=C/C=C/C(C)=C/C=C/C(C)=C/C=C/C=C(C)/C=C/C=C(C)/C=C/C=C(C)/C=C/C=C(C)/C=C/C2=C(C)CC(O)CC2(C)C)C(C)(C)CC(O)C1. The van der Waals surface area contributed by atoms with Crippen LogP contribution in [0.15, 0.2) is 225 Å². The Morgan fingerprint density at radius 2 is 0.581 bits per heavy atom. The van der Waals surface area contributed by atoms with E-state index in [9.17, 15) is 10.2 Å². The zero-order valence-corrected chi connectivity index (χ0v) is 40.9. The van der Waals surface area contributed by atoms with Crippen molar-refractivity contribution in [2.75, 3.05) is 0 Å². The molecule has 0 fully saturated rings. The van der Waals surface area contributed by atoms with Crippen molar-refractivity contribution in [3.63, 3.8) is 0 Å². The number of aliphatic hydroxyl groups excluding tert-OH is 2. The first-order chi connectivity index (χ1) is 29.2. The van der Waals surface area contributed by atoms with Crippen LogP contribution in [0.1, 0.15) is 123 Å². The molecule has 2 aliphatic carbocycles. The minimum atomic E-state index is -0.234. The Morgan fingerprint density at radius 1 is 0.371 bits per heavy atom. The van der Waals surface area contributed by atoms with Crippen LogP contribution in [0.25, 0.3) is 0 Å². The molecule has 2 N–H and O–H groups in total. The normalized spacial score (nSPS) is 22.6. The summed E-state index contributed by atoms with van der Waals surface area (Å²) in [6, 6.07) is 0. The molecule has 0 bridgehead atoms. The minimum absolute atomic E-state index is 0.00343. The first kappa shape index (κ1) is 53.1. The molecule has 0 saturated heterocycles. The molecule has 0 heterocycles. The van der Waals surface area contributed by atoms with E-state index in [1.807, 2.05) is 0 Å². The van der Waals surface area contributed by atoms with E-state index in [2.05, 4.69) is 255 Å². The highest BCUT2D eigenvalue weighted by Gasteiger charge is 2.32. The Kier molecular flexibility index (Phi) is 23.2. The summed E-state index contributed by atoms with van der Waals surface area (Å²) in [6.07, 6.45) is 58.0. The summed E-state index contributed by atoms with van der Waals surface area (Å²) in [5.74, 6) is 0. The summed E-state index contributed by atoms with van der Waals surface area (Å²) >= 11 is 0. The lowest BCUT2D eigenvalue weighted by Crippen LogP contribution is -2.28. The summed E-state index contributed by atoms with van der Waals surface area (Å²) in [4.78, 5) is 0. The van der Waals surface area contributed by atoms with Gasteiger partial charge in [0.1, 0.15) is 0 Å². The molecule has 62 heavy (non-hydrogen) atoms. The molecule has 0 radical (unpaired) electrons. The van der Waals surface area contributed by atoms with Crippen LogP contribution in [-0.2, 0) is 0 Å². The van der Waals surface area contributed by atoms with Crippen LogP contribution in [0.5, 0.6) is 0 Å². The molecule has 2 rings (SSSR count). The lowest BCUT2D eigenvalue weighted by molar-refractivity contribution is 0.116. The van der Waals surface area contributed by atoms with E-state index in [-0.39, 0.29) is 23.0 Å². The van der Waals surface area contributed by atoms with Crippen molar-refractivity contribution in [3.05, 3.63) is 225 Å². The molecular weight excluding hydrogens is 753 g/mol. The Morgan fingerprint density at radius 3 is 0.806 bits per heavy atom. The summed E-state index contributed by atoms with van der Waals surface area (Å²) in [7, 11) is 0. The van der Waals surface area contributed by atoms with Crippen LogP contribution < -0.4 is 0 Å². The van der Waals surface area contributed by atoms with Gasteiger partial charge in [-0.2, -0.15) is 0 Å². The number of aliphatic hydroxyl groups is 2. The first-order valence-corrected chi connectivity index (χ1v) is 22.4. The van der Waals surface area contributed by atoms with Crippen molar-refractivity contribution < 1.29 is 10.2 Å². The number of allylic oxidation sites excluding steroid dienone is 36. The molecule has 0 aliphatic heterocycles. The second-order valence-corrected chi connectivity index (χ2v) is 18.8. The van der Waals surface area contributed by atoms with E-state index in [0.717, 1.165) is 25.7 Å². The summed E-state index contributed by atoms with van der Waals surface area (Å²) in [6.45, 7) is 30.1. The van der Waals surface area contributed by atoms with E-state index in [1.165, 1.54) is 66.9 Å². The van der Waals surface area contributed by atoms with Crippen molar-refractivity contribution in [2.24, 2.45) is 10.8 Å². The highest BCUT2D eigenvalue weighted by Crippen LogP contribution is 2.42. The van der Waals surface area contributed by atoms with E-state index in [4.69, 9.17) is 0 Å². The van der Waals surface area contributed by atoms with Crippen molar-refractivity contribution >= 4 is 0 Å². The molecule has 2 aliphatic rings. The van der Waals surface area contributed by atoms with E-state index in [0.29, 0.717) is 0 Å². The van der Waals surface area contributed by atoms with Gasteiger partial charge in [-0.1, -0.05) is 241 Å². The van der Waals surface area contributed by atoms with Gasteiger partial charge in [-0.3, -0.25) is 0 Å². The average Bonchev–Trinajstić information content (AvgIpc) is 3.15. The maximum absolute atomic E-state index is 10.2. The van der Waals surface area contributed by atoms with Crippen LogP contribution in [0.2, 0.25) is 0 Å². The van der Waals surface area contributed by atoms with Gasteiger partial charge in [0.25, 0.3) is 0 Å². The van der Waals surface area contributed by atoms with Gasteiger partial charge in [-0.25, -0.2) is 0 Å². The van der Waals surface area contributed by atoms with Crippen LogP contribution in [0.3, 0.4) is 0 Å². The molecule has 332 valence electrons. The third-order valence-electron chi connectivity index (χ3n) is 11.1. The monoisotopic (exact) mass is 833 g/mol. The maximum Gasteiger partial charge on any atom is 0.0585 e. The molecule has 2 heteroatoms. The molecule has 0 aromatic heterocycles. The van der Waals surface area contributed by atoms with Crippen molar-refractivity contribution in [3.8, 4) is 0 Å². The Labute approximate surface area is 379 Å². The first-order valence-electron chi connectivity index (χ1n) is 22.4. The fraction of sp³-hybridized carbons (Fsp3) is 0.367. The van der Waals surface area contributed by atoms with Crippen molar-refractivity contribution in [2.45, 2.75) is 135 Å². The maximum atomic E-state index is 10.2. The Hall–Kier alpha value is -5.02. The zero-order chi connectivity index (χ0) is 46.3. The van der Waals surface area contributed by atoms with E-state index >= 15 is 0 Å². The summed E-state index contributed by atoms with van der Waals surface area (Å²) in [5.41, 5.74) is 14.8. The second-order valence-electron chi connectivity index (χ2n) is 18.8. The van der Waals surface area contributed by atoms with Crippen LogP contribution in [-0.4, -0.2) is 22.4 Å². The van der Waals surface area contributed by atoms with Gasteiger partial charge in [0.2, 0.25) is 0 Å². The third kappa shape index (κ3) is 21.7. The number of rotatable bonds is 18. The average molecular weight is 833 g/mol. The van der Waals surface area contributed by atoms with E-state index < -0.39 is 0 Å². The van der Waals surface area contributed by atoms with Gasteiger partial charge in [-0.15, -0.1) is 0 Å². The topological polar surface area (TPSA) is 40.5 Å². The lowest BCUT2D eigenvalue weighted by Gasteiger charge is -2.35. The molecular formula is C60H80O2. The smallest absolute Gasteiger partial charge is 0.0585 e. The van der Waals surface area contributed by atoms with Crippen LogP contribution >= 0.6 is 0 Å². The van der Waals surface area contributed by atoms with Gasteiger partial charge < -0.3 is 10.2 Å². The molecule has 2 unspecified atom stereocenters. The van der Waals surface area contributed by atoms with Crippen LogP contribution in [0.4, 0.5) is 0 Å². The molecule has 0 amide bonds. The van der Waals surface area contributed by atoms with Crippen LogP contribution in [0, 0.1) is 10.8 Å². The molecule has 2 atom stereocenters. The second kappa shape index (κ2) is 27.1.